The predicted molar refractivity (Wildman–Crippen MR) is 128 cm³/mol. The zero-order chi connectivity index (χ0) is 22.5. The van der Waals surface area contributed by atoms with Crippen molar-refractivity contribution >= 4 is 45.6 Å². The van der Waals surface area contributed by atoms with Crippen LogP contribution in [0.1, 0.15) is 5.56 Å². The summed E-state index contributed by atoms with van der Waals surface area (Å²) in [6, 6.07) is 18.8. The lowest BCUT2D eigenvalue weighted by Crippen LogP contribution is -2.14. The maximum atomic E-state index is 12.2. The lowest BCUT2D eigenvalue weighted by Gasteiger charge is -2.10. The van der Waals surface area contributed by atoms with Crippen molar-refractivity contribution in [2.24, 2.45) is 0 Å². The molecular weight excluding hydrogens is 416 g/mol. The summed E-state index contributed by atoms with van der Waals surface area (Å²) in [6.45, 7) is 0. The Balaban J connectivity index is 1.22. The molecule has 9 heteroatoms. The molecule has 0 atom stereocenters. The zero-order valence-corrected chi connectivity index (χ0v) is 17.5. The van der Waals surface area contributed by atoms with E-state index in [2.05, 4.69) is 41.1 Å². The van der Waals surface area contributed by atoms with Crippen molar-refractivity contribution in [3.63, 3.8) is 0 Å². The number of rotatable bonds is 7. The number of carbonyl (C=O) groups is 1. The first-order chi connectivity index (χ1) is 16.2. The summed E-state index contributed by atoms with van der Waals surface area (Å²) in [5, 5.41) is 17.4. The van der Waals surface area contributed by atoms with E-state index >= 15 is 0 Å². The number of benzene rings is 2. The summed E-state index contributed by atoms with van der Waals surface area (Å²) in [6.07, 6.45) is 7.01. The molecule has 2 aromatic carbocycles. The van der Waals surface area contributed by atoms with Gasteiger partial charge in [-0.3, -0.25) is 14.9 Å². The quantitative estimate of drug-likeness (QED) is 0.298. The average molecular weight is 436 g/mol. The Kier molecular flexibility index (Phi) is 5.58. The van der Waals surface area contributed by atoms with Gasteiger partial charge in [-0.1, -0.05) is 18.2 Å². The van der Waals surface area contributed by atoms with E-state index in [1.165, 1.54) is 0 Å². The van der Waals surface area contributed by atoms with Gasteiger partial charge in [-0.05, 0) is 48.0 Å². The van der Waals surface area contributed by atoms with Crippen LogP contribution in [0.5, 0.6) is 0 Å². The number of fused-ring (bicyclic) bond motifs is 1. The third-order valence-electron chi connectivity index (χ3n) is 4.94. The van der Waals surface area contributed by atoms with Gasteiger partial charge in [0.25, 0.3) is 0 Å². The van der Waals surface area contributed by atoms with Crippen LogP contribution in [0.2, 0.25) is 0 Å². The van der Waals surface area contributed by atoms with Crippen molar-refractivity contribution in [3.8, 4) is 0 Å². The molecule has 4 N–H and O–H groups in total. The van der Waals surface area contributed by atoms with Crippen LogP contribution in [-0.2, 0) is 11.2 Å². The molecular formula is C24H20N8O. The van der Waals surface area contributed by atoms with Gasteiger partial charge in [0.1, 0.15) is 5.82 Å². The molecule has 0 bridgehead atoms. The molecule has 0 aliphatic heterocycles. The number of anilines is 5. The van der Waals surface area contributed by atoms with E-state index in [1.807, 2.05) is 42.5 Å². The minimum Gasteiger partial charge on any atom is -0.339 e. The number of carbonyl (C=O) groups excluding carboxylic acids is 1. The Hall–Kier alpha value is -4.79. The van der Waals surface area contributed by atoms with E-state index in [9.17, 15) is 4.79 Å². The van der Waals surface area contributed by atoms with Crippen molar-refractivity contribution in [3.05, 3.63) is 91.0 Å². The molecule has 0 fully saturated rings. The molecule has 0 radical (unpaired) electrons. The van der Waals surface area contributed by atoms with Crippen LogP contribution in [0.25, 0.3) is 10.9 Å². The smallest absolute Gasteiger partial charge is 0.229 e. The fourth-order valence-electron chi connectivity index (χ4n) is 3.36. The number of amides is 1. The van der Waals surface area contributed by atoms with Crippen molar-refractivity contribution in [1.29, 1.82) is 0 Å². The monoisotopic (exact) mass is 436 g/mol. The van der Waals surface area contributed by atoms with Gasteiger partial charge in [-0.25, -0.2) is 4.98 Å². The van der Waals surface area contributed by atoms with Crippen molar-refractivity contribution in [1.82, 2.24) is 25.1 Å². The molecule has 0 spiro atoms. The summed E-state index contributed by atoms with van der Waals surface area (Å²) in [4.78, 5) is 25.0. The fourth-order valence-corrected chi connectivity index (χ4v) is 3.36. The molecule has 0 aliphatic rings. The minimum absolute atomic E-state index is 0.0864. The number of aromatic nitrogens is 5. The number of nitrogens with zero attached hydrogens (tertiary/aromatic N) is 4. The molecule has 9 nitrogen and oxygen atoms in total. The van der Waals surface area contributed by atoms with Gasteiger partial charge in [-0.15, -0.1) is 0 Å². The first kappa shape index (κ1) is 20.1. The van der Waals surface area contributed by atoms with E-state index in [4.69, 9.17) is 0 Å². The summed E-state index contributed by atoms with van der Waals surface area (Å²) < 4.78 is 0. The SMILES string of the molecule is O=C(Cc1ccc(Nc2nccc(Nc3cccc4[nH]ncc34)n2)cc1)Nc1ccncc1. The fraction of sp³-hybridized carbons (Fsp3) is 0.0417. The number of aromatic amines is 1. The molecule has 5 rings (SSSR count). The Morgan fingerprint density at radius 2 is 1.73 bits per heavy atom. The molecule has 3 heterocycles. The van der Waals surface area contributed by atoms with E-state index < -0.39 is 0 Å². The van der Waals surface area contributed by atoms with Crippen LogP contribution in [0.4, 0.5) is 28.8 Å². The van der Waals surface area contributed by atoms with Gasteiger partial charge in [0, 0.05) is 35.4 Å². The zero-order valence-electron chi connectivity index (χ0n) is 17.5. The van der Waals surface area contributed by atoms with Crippen LogP contribution in [0.15, 0.2) is 85.5 Å². The van der Waals surface area contributed by atoms with Crippen molar-refractivity contribution in [2.75, 3.05) is 16.0 Å². The van der Waals surface area contributed by atoms with Gasteiger partial charge in [0.2, 0.25) is 11.9 Å². The van der Waals surface area contributed by atoms with Gasteiger partial charge in [0.05, 0.1) is 23.8 Å². The van der Waals surface area contributed by atoms with Crippen LogP contribution in [0.3, 0.4) is 0 Å². The molecule has 1 amide bonds. The molecule has 0 saturated carbocycles. The standard InChI is InChI=1S/C24H20N8O/c33-23(28-18-8-11-25-12-9-18)14-16-4-6-17(7-5-16)29-24-26-13-10-22(31-24)30-20-2-1-3-21-19(20)15-27-32-21/h1-13,15H,14H2,(H,27,32)(H,25,28,33)(H2,26,29,30,31). The van der Waals surface area contributed by atoms with Crippen LogP contribution < -0.4 is 16.0 Å². The normalized spacial score (nSPS) is 10.7. The maximum Gasteiger partial charge on any atom is 0.229 e. The van der Waals surface area contributed by atoms with E-state index in [1.54, 1.807) is 43.0 Å². The third-order valence-corrected chi connectivity index (χ3v) is 4.94. The van der Waals surface area contributed by atoms with Gasteiger partial charge < -0.3 is 16.0 Å². The number of pyridine rings is 1. The predicted octanol–water partition coefficient (Wildman–Crippen LogP) is 4.42. The highest BCUT2D eigenvalue weighted by molar-refractivity contribution is 5.93. The van der Waals surface area contributed by atoms with Crippen LogP contribution in [-0.4, -0.2) is 31.1 Å². The minimum atomic E-state index is -0.0864. The average Bonchev–Trinajstić information content (AvgIpc) is 3.31. The van der Waals surface area contributed by atoms with Gasteiger partial charge in [0.15, 0.2) is 0 Å². The number of hydrogen-bond donors (Lipinski definition) is 4. The largest absolute Gasteiger partial charge is 0.339 e. The van der Waals surface area contributed by atoms with Gasteiger partial charge in [-0.2, -0.15) is 10.1 Å². The lowest BCUT2D eigenvalue weighted by atomic mass is 10.1. The third kappa shape index (κ3) is 4.93. The summed E-state index contributed by atoms with van der Waals surface area (Å²) in [5.74, 6) is 1.03. The van der Waals surface area contributed by atoms with Gasteiger partial charge >= 0.3 is 0 Å². The highest BCUT2D eigenvalue weighted by Gasteiger charge is 2.07. The Labute approximate surface area is 189 Å². The van der Waals surface area contributed by atoms with E-state index in [-0.39, 0.29) is 12.3 Å². The molecule has 0 saturated heterocycles. The van der Waals surface area contributed by atoms with Crippen molar-refractivity contribution in [2.45, 2.75) is 6.42 Å². The highest BCUT2D eigenvalue weighted by Crippen LogP contribution is 2.24. The summed E-state index contributed by atoms with van der Waals surface area (Å²) in [7, 11) is 0. The second-order valence-electron chi connectivity index (χ2n) is 7.31. The molecule has 3 aromatic heterocycles. The first-order valence-electron chi connectivity index (χ1n) is 10.3. The molecule has 0 aliphatic carbocycles. The molecule has 5 aromatic rings. The Bertz CT molecular complexity index is 1380. The molecule has 162 valence electrons. The Morgan fingerprint density at radius 3 is 2.58 bits per heavy atom. The second-order valence-corrected chi connectivity index (χ2v) is 7.31. The topological polar surface area (TPSA) is 121 Å². The lowest BCUT2D eigenvalue weighted by molar-refractivity contribution is -0.115. The first-order valence-corrected chi connectivity index (χ1v) is 10.3. The molecule has 33 heavy (non-hydrogen) atoms. The van der Waals surface area contributed by atoms with Crippen LogP contribution >= 0.6 is 0 Å². The molecule has 0 unspecified atom stereocenters. The summed E-state index contributed by atoms with van der Waals surface area (Å²) >= 11 is 0. The number of H-pyrrole nitrogens is 1. The number of nitrogens with one attached hydrogen (secondary N) is 4. The maximum absolute atomic E-state index is 12.2. The highest BCUT2D eigenvalue weighted by atomic mass is 16.1. The number of hydrogen-bond acceptors (Lipinski definition) is 7. The van der Waals surface area contributed by atoms with E-state index in [0.717, 1.165) is 33.5 Å². The van der Waals surface area contributed by atoms with Crippen molar-refractivity contribution < 1.29 is 4.79 Å². The van der Waals surface area contributed by atoms with Crippen LogP contribution in [0, 0.1) is 0 Å². The Morgan fingerprint density at radius 1 is 0.879 bits per heavy atom. The second kappa shape index (κ2) is 9.15. The summed E-state index contributed by atoms with van der Waals surface area (Å²) in [5.41, 5.74) is 4.30. The van der Waals surface area contributed by atoms with E-state index in [0.29, 0.717) is 11.8 Å².